The fourth-order valence-electron chi connectivity index (χ4n) is 13.3. The lowest BCUT2D eigenvalue weighted by molar-refractivity contribution is -0.210. The van der Waals surface area contributed by atoms with E-state index in [-0.39, 0.29) is 53.2 Å². The van der Waals surface area contributed by atoms with Gasteiger partial charge in [-0.2, -0.15) is 0 Å². The molecule has 9 heteroatoms. The molecule has 9 nitrogen and oxygen atoms in total. The van der Waals surface area contributed by atoms with Gasteiger partial charge in [-0.3, -0.25) is 0 Å². The second-order valence-corrected chi connectivity index (χ2v) is 19.5. The van der Waals surface area contributed by atoms with Crippen molar-refractivity contribution in [3.05, 3.63) is 48.0 Å². The van der Waals surface area contributed by atoms with E-state index in [1.165, 1.54) is 46.6 Å². The maximum Gasteiger partial charge on any atom is 0.410 e. The predicted molar refractivity (Wildman–Crippen MR) is 207 cm³/mol. The number of carbonyl (C=O) groups is 3. The summed E-state index contributed by atoms with van der Waals surface area (Å²) in [6.45, 7) is 19.6. The van der Waals surface area contributed by atoms with Gasteiger partial charge in [-0.15, -0.1) is 0 Å². The minimum Gasteiger partial charge on any atom is -0.508 e. The van der Waals surface area contributed by atoms with Crippen molar-refractivity contribution in [3.8, 4) is 0 Å². The van der Waals surface area contributed by atoms with Gasteiger partial charge >= 0.3 is 18.1 Å². The third-order valence-electron chi connectivity index (χ3n) is 16.0. The van der Waals surface area contributed by atoms with E-state index < -0.39 is 23.7 Å². The molecule has 1 aromatic rings. The van der Waals surface area contributed by atoms with Crippen LogP contribution >= 0.6 is 0 Å². The first-order chi connectivity index (χ1) is 24.8. The normalized spacial score (nSPS) is 39.4. The van der Waals surface area contributed by atoms with Crippen LogP contribution in [0.5, 0.6) is 0 Å². The molecule has 53 heavy (non-hydrogen) atoms. The molecule has 290 valence electrons. The first-order valence-electron chi connectivity index (χ1n) is 20.3. The van der Waals surface area contributed by atoms with E-state index in [0.29, 0.717) is 29.6 Å². The summed E-state index contributed by atoms with van der Waals surface area (Å²) in [4.78, 5) is 42.3. The predicted octanol–water partition coefficient (Wildman–Crippen LogP) is 9.14. The monoisotopic (exact) mass is 729 g/mol. The van der Waals surface area contributed by atoms with Crippen LogP contribution in [-0.4, -0.2) is 74.9 Å². The highest BCUT2D eigenvalue weighted by atomic mass is 16.6. The van der Waals surface area contributed by atoms with E-state index >= 15 is 0 Å². The molecule has 3 amide bonds. The van der Waals surface area contributed by atoms with E-state index in [1.54, 1.807) is 20.8 Å². The first kappa shape index (κ1) is 37.8. The molecule has 9 unspecified atom stereocenters. The molecule has 7 rings (SSSR count). The number of carbonyl (C=O) groups excluding carboxylic acids is 2. The number of hydrogen-bond acceptors (Lipinski definition) is 5. The highest BCUT2D eigenvalue weighted by molar-refractivity contribution is 5.84. The number of nitrogens with zero attached hydrogens (tertiary/aromatic N) is 2. The number of piperazine rings is 1. The fraction of sp³-hybridized carbons (Fsp3) is 0.705. The van der Waals surface area contributed by atoms with Gasteiger partial charge in [0.15, 0.2) is 0 Å². The van der Waals surface area contributed by atoms with Crippen LogP contribution in [0.4, 0.5) is 9.59 Å². The van der Waals surface area contributed by atoms with E-state index in [0.717, 1.165) is 44.1 Å². The Morgan fingerprint density at radius 2 is 1.60 bits per heavy atom. The molecule has 4 saturated carbocycles. The minimum absolute atomic E-state index is 0.0876. The lowest BCUT2D eigenvalue weighted by Gasteiger charge is -2.71. The SMILES string of the molecule is C=C(O)c1ccc(C2=CCC3(C)C(CCC4(C)C3CCC3C5CCCC5(NC(=O)N5CCN(C(=O)OC(C)(C)C)CC5C(=O)O)CC[C@]34C)C2C)cc1. The molecule has 1 saturated heterocycles. The number of carboxylic acid groups (broad SMARTS) is 1. The zero-order chi connectivity index (χ0) is 38.3. The molecule has 1 aromatic carbocycles. The Labute approximate surface area is 316 Å². The van der Waals surface area contributed by atoms with Crippen molar-refractivity contribution in [2.75, 3.05) is 19.6 Å². The van der Waals surface area contributed by atoms with Gasteiger partial charge in [-0.25, -0.2) is 14.4 Å². The summed E-state index contributed by atoms with van der Waals surface area (Å²) in [6, 6.07) is 6.80. The molecule has 10 atom stereocenters. The number of aliphatic hydroxyl groups is 1. The average molecular weight is 730 g/mol. The summed E-state index contributed by atoms with van der Waals surface area (Å²) in [7, 11) is 0. The van der Waals surface area contributed by atoms with E-state index in [1.807, 2.05) is 12.1 Å². The van der Waals surface area contributed by atoms with E-state index in [9.17, 15) is 24.6 Å². The average Bonchev–Trinajstić information content (AvgIpc) is 3.51. The summed E-state index contributed by atoms with van der Waals surface area (Å²) in [6.07, 6.45) is 13.0. The molecule has 1 aliphatic heterocycles. The Kier molecular flexibility index (Phi) is 9.33. The largest absolute Gasteiger partial charge is 0.508 e. The van der Waals surface area contributed by atoms with Crippen molar-refractivity contribution in [2.45, 2.75) is 130 Å². The summed E-state index contributed by atoms with van der Waals surface area (Å²) in [5.41, 5.74) is 3.01. The van der Waals surface area contributed by atoms with Gasteiger partial charge in [-0.05, 0) is 136 Å². The van der Waals surface area contributed by atoms with Crippen LogP contribution in [0.1, 0.15) is 124 Å². The van der Waals surface area contributed by atoms with Crippen molar-refractivity contribution in [1.82, 2.24) is 15.1 Å². The van der Waals surface area contributed by atoms with Crippen LogP contribution in [0.15, 0.2) is 36.9 Å². The van der Waals surface area contributed by atoms with Crippen LogP contribution in [0.25, 0.3) is 11.3 Å². The summed E-state index contributed by atoms with van der Waals surface area (Å²) in [5, 5.41) is 23.6. The fourth-order valence-corrected chi connectivity index (χ4v) is 13.3. The van der Waals surface area contributed by atoms with Gasteiger partial charge in [-0.1, -0.05) is 71.0 Å². The van der Waals surface area contributed by atoms with Crippen molar-refractivity contribution in [2.24, 2.45) is 45.8 Å². The van der Waals surface area contributed by atoms with Crippen molar-refractivity contribution in [1.29, 1.82) is 0 Å². The number of aliphatic hydroxyl groups excluding tert-OH is 1. The van der Waals surface area contributed by atoms with E-state index in [4.69, 9.17) is 4.74 Å². The third-order valence-corrected chi connectivity index (χ3v) is 16.0. The first-order valence-corrected chi connectivity index (χ1v) is 20.3. The van der Waals surface area contributed by atoms with E-state index in [2.05, 4.69) is 57.8 Å². The number of fused-ring (bicyclic) bond motifs is 7. The zero-order valence-electron chi connectivity index (χ0n) is 33.2. The smallest absolute Gasteiger partial charge is 0.410 e. The molecular formula is C44H63N3O6. The second-order valence-electron chi connectivity index (χ2n) is 19.5. The van der Waals surface area contributed by atoms with Crippen molar-refractivity contribution < 1.29 is 29.3 Å². The van der Waals surface area contributed by atoms with Crippen molar-refractivity contribution in [3.63, 3.8) is 0 Å². The Balaban J connectivity index is 1.09. The number of nitrogens with one attached hydrogen (secondary N) is 1. The summed E-state index contributed by atoms with van der Waals surface area (Å²) < 4.78 is 5.52. The van der Waals surface area contributed by atoms with Crippen LogP contribution in [-0.2, 0) is 9.53 Å². The molecular weight excluding hydrogens is 666 g/mol. The number of allylic oxidation sites excluding steroid dienone is 2. The van der Waals surface area contributed by atoms with Crippen LogP contribution in [0, 0.1) is 45.8 Å². The lowest BCUT2D eigenvalue weighted by atomic mass is 9.34. The summed E-state index contributed by atoms with van der Waals surface area (Å²) >= 11 is 0. The molecule has 0 radical (unpaired) electrons. The lowest BCUT2D eigenvalue weighted by Crippen LogP contribution is -2.69. The van der Waals surface area contributed by atoms with Gasteiger partial charge in [0.1, 0.15) is 17.4 Å². The third kappa shape index (κ3) is 6.07. The van der Waals surface area contributed by atoms with Crippen LogP contribution in [0.2, 0.25) is 0 Å². The highest BCUT2D eigenvalue weighted by Crippen LogP contribution is 2.75. The van der Waals surface area contributed by atoms with Crippen LogP contribution in [0.3, 0.4) is 0 Å². The quantitative estimate of drug-likeness (QED) is 0.266. The number of rotatable bonds is 4. The van der Waals surface area contributed by atoms with Gasteiger partial charge in [0.05, 0.1) is 6.54 Å². The molecule has 5 aliphatic carbocycles. The number of aliphatic carboxylic acids is 1. The maximum absolute atomic E-state index is 14.2. The Bertz CT molecular complexity index is 1680. The minimum atomic E-state index is -1.13. The molecule has 0 spiro atoms. The second kappa shape index (κ2) is 13.1. The number of hydrogen-bond donors (Lipinski definition) is 3. The maximum atomic E-state index is 14.2. The van der Waals surface area contributed by atoms with Crippen LogP contribution < -0.4 is 5.32 Å². The molecule has 3 N–H and O–H groups in total. The van der Waals surface area contributed by atoms with Gasteiger partial charge in [0.25, 0.3) is 0 Å². The highest BCUT2D eigenvalue weighted by Gasteiger charge is 2.69. The summed E-state index contributed by atoms with van der Waals surface area (Å²) in [5.74, 6) is 1.56. The number of benzene rings is 1. The van der Waals surface area contributed by atoms with Crippen molar-refractivity contribution >= 4 is 29.4 Å². The molecule has 6 aliphatic rings. The molecule has 1 heterocycles. The van der Waals surface area contributed by atoms with Gasteiger partial charge < -0.3 is 30.1 Å². The Hall–Kier alpha value is -3.49. The Morgan fingerprint density at radius 3 is 2.26 bits per heavy atom. The standard InChI is InChI=1S/C44H63N3O6/c1-27-31(30-13-11-29(12-14-30)28(2)48)17-20-41(6)32(27)18-21-43(8)36(41)16-15-33-34-10-9-19-44(34,23-22-42(33,43)7)45-38(51)47-25-24-46(26-35(47)37(49)50)39(52)53-40(3,4)5/h11-14,17,27,32-36,48H,2,9-10,15-16,18-26H2,1,3-8H3,(H,45,51)(H,49,50)/t27?,32?,33?,34?,35?,36?,41?,42-,43?,44?/m1/s1. The molecule has 5 fully saturated rings. The number of urea groups is 1. The van der Waals surface area contributed by atoms with Gasteiger partial charge in [0.2, 0.25) is 0 Å². The zero-order valence-corrected chi connectivity index (χ0v) is 33.2. The number of ether oxygens (including phenoxy) is 1. The topological polar surface area (TPSA) is 119 Å². The number of carboxylic acids is 1. The Morgan fingerprint density at radius 1 is 0.887 bits per heavy atom. The number of amides is 3. The molecule has 0 aromatic heterocycles. The van der Waals surface area contributed by atoms with Gasteiger partial charge in [0, 0.05) is 24.2 Å². The molecule has 0 bridgehead atoms.